The third-order valence-corrected chi connectivity index (χ3v) is 2.87. The zero-order valence-electron chi connectivity index (χ0n) is 10.2. The molecule has 0 aliphatic rings. The smallest absolute Gasteiger partial charge is 0.335 e. The van der Waals surface area contributed by atoms with Gasteiger partial charge in [-0.1, -0.05) is 0 Å². The Bertz CT molecular complexity index is 448. The Labute approximate surface area is 110 Å². The van der Waals surface area contributed by atoms with E-state index >= 15 is 0 Å². The minimum atomic E-state index is -1.04. The molecule has 0 heterocycles. The summed E-state index contributed by atoms with van der Waals surface area (Å²) in [5.41, 5.74) is 0.486. The number of rotatable bonds is 6. The van der Waals surface area contributed by atoms with Crippen LogP contribution in [-0.4, -0.2) is 36.1 Å². The van der Waals surface area contributed by atoms with E-state index < -0.39 is 5.97 Å². The molecular formula is C12H15NO4S. The first-order valence-electron chi connectivity index (χ1n) is 5.28. The molecule has 0 atom stereocenters. The van der Waals surface area contributed by atoms with Gasteiger partial charge in [-0.2, -0.15) is 11.8 Å². The molecule has 1 aromatic rings. The number of anilines is 1. The van der Waals surface area contributed by atoms with E-state index in [1.807, 2.05) is 6.26 Å². The lowest BCUT2D eigenvalue weighted by Gasteiger charge is -2.10. The highest BCUT2D eigenvalue weighted by atomic mass is 32.2. The number of aromatic carboxylic acids is 1. The maximum Gasteiger partial charge on any atom is 0.335 e. The molecule has 0 saturated carbocycles. The van der Waals surface area contributed by atoms with Crippen molar-refractivity contribution >= 4 is 29.3 Å². The van der Waals surface area contributed by atoms with Gasteiger partial charge in [0.05, 0.1) is 18.4 Å². The monoisotopic (exact) mass is 269 g/mol. The standard InChI is InChI=1S/C12H15NO4S/c1-17-10-4-3-8(12(15)16)7-9(10)13-11(14)5-6-18-2/h3-4,7H,5-6H2,1-2H3,(H,13,14)(H,15,16). The van der Waals surface area contributed by atoms with Crippen molar-refractivity contribution < 1.29 is 19.4 Å². The van der Waals surface area contributed by atoms with Crippen LogP contribution in [0.3, 0.4) is 0 Å². The fourth-order valence-corrected chi connectivity index (χ4v) is 1.74. The molecule has 0 fully saturated rings. The van der Waals surface area contributed by atoms with Crippen LogP contribution in [0, 0.1) is 0 Å². The Morgan fingerprint density at radius 2 is 2.17 bits per heavy atom. The number of hydrogen-bond acceptors (Lipinski definition) is 4. The molecular weight excluding hydrogens is 254 g/mol. The third-order valence-electron chi connectivity index (χ3n) is 2.25. The van der Waals surface area contributed by atoms with Crippen LogP contribution in [0.15, 0.2) is 18.2 Å². The Morgan fingerprint density at radius 3 is 2.72 bits per heavy atom. The molecule has 0 aromatic heterocycles. The van der Waals surface area contributed by atoms with Gasteiger partial charge in [0.25, 0.3) is 0 Å². The third kappa shape index (κ3) is 3.96. The fourth-order valence-electron chi connectivity index (χ4n) is 1.35. The number of benzene rings is 1. The molecule has 0 bridgehead atoms. The minimum Gasteiger partial charge on any atom is -0.495 e. The van der Waals surface area contributed by atoms with Crippen LogP contribution < -0.4 is 10.1 Å². The molecule has 0 saturated heterocycles. The molecule has 5 nitrogen and oxygen atoms in total. The zero-order chi connectivity index (χ0) is 13.5. The van der Waals surface area contributed by atoms with Crippen molar-refractivity contribution in [3.63, 3.8) is 0 Å². The number of thioether (sulfide) groups is 1. The lowest BCUT2D eigenvalue weighted by atomic mass is 10.2. The lowest BCUT2D eigenvalue weighted by molar-refractivity contribution is -0.115. The second-order valence-corrected chi connectivity index (χ2v) is 4.50. The fraction of sp³-hybridized carbons (Fsp3) is 0.333. The molecule has 1 amide bonds. The normalized spacial score (nSPS) is 9.89. The molecule has 0 unspecified atom stereocenters. The van der Waals surface area contributed by atoms with Gasteiger partial charge in [0, 0.05) is 12.2 Å². The molecule has 18 heavy (non-hydrogen) atoms. The van der Waals surface area contributed by atoms with Crippen molar-refractivity contribution in [2.24, 2.45) is 0 Å². The van der Waals surface area contributed by atoms with Crippen molar-refractivity contribution in [2.45, 2.75) is 6.42 Å². The van der Waals surface area contributed by atoms with Crippen LogP contribution in [0.1, 0.15) is 16.8 Å². The molecule has 1 rings (SSSR count). The van der Waals surface area contributed by atoms with Gasteiger partial charge in [0.15, 0.2) is 0 Å². The van der Waals surface area contributed by atoms with Crippen molar-refractivity contribution in [1.82, 2.24) is 0 Å². The number of methoxy groups -OCH3 is 1. The molecule has 0 aliphatic carbocycles. The summed E-state index contributed by atoms with van der Waals surface area (Å²) in [5.74, 6) is -0.0489. The molecule has 0 radical (unpaired) electrons. The van der Waals surface area contributed by atoms with Crippen molar-refractivity contribution in [1.29, 1.82) is 0 Å². The number of hydrogen-bond donors (Lipinski definition) is 2. The van der Waals surface area contributed by atoms with Crippen LogP contribution in [0.5, 0.6) is 5.75 Å². The number of carboxylic acid groups (broad SMARTS) is 1. The SMILES string of the molecule is COc1ccc(C(=O)O)cc1NC(=O)CCSC. The summed E-state index contributed by atoms with van der Waals surface area (Å²) in [6.45, 7) is 0. The molecule has 98 valence electrons. The van der Waals surface area contributed by atoms with E-state index in [-0.39, 0.29) is 11.5 Å². The first-order chi connectivity index (χ1) is 8.58. The first-order valence-corrected chi connectivity index (χ1v) is 6.68. The minimum absolute atomic E-state index is 0.107. The predicted octanol–water partition coefficient (Wildman–Crippen LogP) is 2.08. The second-order valence-electron chi connectivity index (χ2n) is 3.51. The zero-order valence-corrected chi connectivity index (χ0v) is 11.0. The molecule has 0 aliphatic heterocycles. The summed E-state index contributed by atoms with van der Waals surface area (Å²) < 4.78 is 5.07. The van der Waals surface area contributed by atoms with E-state index in [4.69, 9.17) is 9.84 Å². The summed E-state index contributed by atoms with van der Waals surface area (Å²) in [5, 5.41) is 11.5. The number of carbonyl (C=O) groups excluding carboxylic acids is 1. The van der Waals surface area contributed by atoms with Crippen LogP contribution in [0.25, 0.3) is 0 Å². The Kier molecular flexibility index (Phi) is 5.51. The molecule has 2 N–H and O–H groups in total. The van der Waals surface area contributed by atoms with E-state index in [2.05, 4.69) is 5.32 Å². The van der Waals surface area contributed by atoms with Crippen molar-refractivity contribution in [3.05, 3.63) is 23.8 Å². The Hall–Kier alpha value is -1.69. The molecule has 0 spiro atoms. The summed E-state index contributed by atoms with van der Waals surface area (Å²) in [6, 6.07) is 4.34. The maximum atomic E-state index is 11.6. The summed E-state index contributed by atoms with van der Waals surface area (Å²) in [7, 11) is 1.47. The summed E-state index contributed by atoms with van der Waals surface area (Å²) >= 11 is 1.57. The van der Waals surface area contributed by atoms with Gasteiger partial charge in [-0.05, 0) is 24.5 Å². The first kappa shape index (κ1) is 14.4. The van der Waals surface area contributed by atoms with Gasteiger partial charge >= 0.3 is 5.97 Å². The lowest BCUT2D eigenvalue weighted by Crippen LogP contribution is -2.13. The number of nitrogens with one attached hydrogen (secondary N) is 1. The van der Waals surface area contributed by atoms with Crippen molar-refractivity contribution in [2.75, 3.05) is 24.4 Å². The van der Waals surface area contributed by atoms with E-state index in [1.165, 1.54) is 25.3 Å². The van der Waals surface area contributed by atoms with Crippen molar-refractivity contribution in [3.8, 4) is 5.75 Å². The summed E-state index contributed by atoms with van der Waals surface area (Å²) in [4.78, 5) is 22.4. The largest absolute Gasteiger partial charge is 0.495 e. The van der Waals surface area contributed by atoms with Gasteiger partial charge in [0.1, 0.15) is 5.75 Å². The average molecular weight is 269 g/mol. The van der Waals surface area contributed by atoms with Crippen LogP contribution in [-0.2, 0) is 4.79 Å². The van der Waals surface area contributed by atoms with Crippen LogP contribution in [0.4, 0.5) is 5.69 Å². The Balaban J connectivity index is 2.87. The van der Waals surface area contributed by atoms with E-state index in [0.29, 0.717) is 23.6 Å². The number of carboxylic acids is 1. The van der Waals surface area contributed by atoms with Gasteiger partial charge in [-0.25, -0.2) is 4.79 Å². The van der Waals surface area contributed by atoms with Gasteiger partial charge in [-0.15, -0.1) is 0 Å². The predicted molar refractivity (Wildman–Crippen MR) is 71.6 cm³/mol. The number of amides is 1. The Morgan fingerprint density at radius 1 is 1.44 bits per heavy atom. The summed E-state index contributed by atoms with van der Waals surface area (Å²) in [6.07, 6.45) is 2.29. The van der Waals surface area contributed by atoms with E-state index in [1.54, 1.807) is 11.8 Å². The average Bonchev–Trinajstić information content (AvgIpc) is 2.36. The quantitative estimate of drug-likeness (QED) is 0.827. The van der Waals surface area contributed by atoms with Gasteiger partial charge in [0.2, 0.25) is 5.91 Å². The van der Waals surface area contributed by atoms with Crippen LogP contribution in [0.2, 0.25) is 0 Å². The highest BCUT2D eigenvalue weighted by Crippen LogP contribution is 2.25. The molecule has 1 aromatic carbocycles. The van der Waals surface area contributed by atoms with Gasteiger partial charge in [-0.3, -0.25) is 4.79 Å². The van der Waals surface area contributed by atoms with E-state index in [9.17, 15) is 9.59 Å². The highest BCUT2D eigenvalue weighted by molar-refractivity contribution is 7.98. The number of carbonyl (C=O) groups is 2. The highest BCUT2D eigenvalue weighted by Gasteiger charge is 2.11. The van der Waals surface area contributed by atoms with E-state index in [0.717, 1.165) is 0 Å². The topological polar surface area (TPSA) is 75.6 Å². The number of ether oxygens (including phenoxy) is 1. The second kappa shape index (κ2) is 6.90. The molecule has 6 heteroatoms. The maximum absolute atomic E-state index is 11.6. The van der Waals surface area contributed by atoms with Crippen LogP contribution >= 0.6 is 11.8 Å². The van der Waals surface area contributed by atoms with Gasteiger partial charge < -0.3 is 15.2 Å².